The van der Waals surface area contributed by atoms with Crippen molar-refractivity contribution in [3.8, 4) is 0 Å². The lowest BCUT2D eigenvalue weighted by Gasteiger charge is -2.02. The van der Waals surface area contributed by atoms with Crippen LogP contribution in [0.4, 0.5) is 0 Å². The lowest BCUT2D eigenvalue weighted by Crippen LogP contribution is -1.96. The van der Waals surface area contributed by atoms with E-state index >= 15 is 0 Å². The molecule has 2 nitrogen and oxygen atoms in total. The Labute approximate surface area is 93.1 Å². The molecular formula is C11H14BrNO. The van der Waals surface area contributed by atoms with Gasteiger partial charge in [0.25, 0.3) is 0 Å². The SMILES string of the molecule is C=CCCCOCc1ccc(Br)cn1. The second-order valence-corrected chi connectivity index (χ2v) is 3.87. The molecular weight excluding hydrogens is 242 g/mol. The normalized spacial score (nSPS) is 10.1. The van der Waals surface area contributed by atoms with Gasteiger partial charge in [0.2, 0.25) is 0 Å². The maximum absolute atomic E-state index is 5.44. The minimum atomic E-state index is 0.588. The van der Waals surface area contributed by atoms with Crippen molar-refractivity contribution in [3.63, 3.8) is 0 Å². The maximum atomic E-state index is 5.44. The Kier molecular flexibility index (Phi) is 5.49. The molecule has 76 valence electrons. The summed E-state index contributed by atoms with van der Waals surface area (Å²) >= 11 is 3.33. The third-order valence-corrected chi connectivity index (χ3v) is 2.20. The van der Waals surface area contributed by atoms with E-state index in [4.69, 9.17) is 4.74 Å². The first kappa shape index (κ1) is 11.4. The molecule has 1 heterocycles. The van der Waals surface area contributed by atoms with Crippen LogP contribution in [0, 0.1) is 0 Å². The number of halogens is 1. The molecule has 0 aliphatic heterocycles. The lowest BCUT2D eigenvalue weighted by atomic mass is 10.3. The molecule has 0 aromatic carbocycles. The molecule has 0 aliphatic carbocycles. The zero-order valence-electron chi connectivity index (χ0n) is 8.08. The molecule has 0 fully saturated rings. The summed E-state index contributed by atoms with van der Waals surface area (Å²) in [5.41, 5.74) is 0.965. The first-order valence-corrected chi connectivity index (χ1v) is 5.41. The van der Waals surface area contributed by atoms with Crippen molar-refractivity contribution in [3.05, 3.63) is 41.2 Å². The topological polar surface area (TPSA) is 22.1 Å². The highest BCUT2D eigenvalue weighted by Crippen LogP contribution is 2.08. The van der Waals surface area contributed by atoms with Gasteiger partial charge >= 0.3 is 0 Å². The molecule has 3 heteroatoms. The zero-order valence-corrected chi connectivity index (χ0v) is 9.66. The molecule has 0 saturated carbocycles. The van der Waals surface area contributed by atoms with E-state index in [9.17, 15) is 0 Å². The van der Waals surface area contributed by atoms with Gasteiger partial charge in [-0.1, -0.05) is 6.08 Å². The quantitative estimate of drug-likeness (QED) is 0.575. The highest BCUT2D eigenvalue weighted by atomic mass is 79.9. The molecule has 1 rings (SSSR count). The monoisotopic (exact) mass is 255 g/mol. The summed E-state index contributed by atoms with van der Waals surface area (Å²) in [7, 11) is 0. The molecule has 0 unspecified atom stereocenters. The summed E-state index contributed by atoms with van der Waals surface area (Å²) in [6.07, 6.45) is 5.72. The van der Waals surface area contributed by atoms with Crippen LogP contribution in [-0.4, -0.2) is 11.6 Å². The van der Waals surface area contributed by atoms with Crippen LogP contribution in [0.1, 0.15) is 18.5 Å². The molecule has 14 heavy (non-hydrogen) atoms. The van der Waals surface area contributed by atoms with Crippen LogP contribution >= 0.6 is 15.9 Å². The standard InChI is InChI=1S/C11H14BrNO/c1-2-3-4-7-14-9-11-6-5-10(12)8-13-11/h2,5-6,8H,1,3-4,7,9H2. The predicted octanol–water partition coefficient (Wildman–Crippen LogP) is 3.33. The van der Waals surface area contributed by atoms with Crippen LogP contribution in [0.25, 0.3) is 0 Å². The number of rotatable bonds is 6. The Balaban J connectivity index is 2.18. The third kappa shape index (κ3) is 4.53. The largest absolute Gasteiger partial charge is 0.375 e. The van der Waals surface area contributed by atoms with E-state index in [0.717, 1.165) is 29.6 Å². The fourth-order valence-corrected chi connectivity index (χ4v) is 1.23. The van der Waals surface area contributed by atoms with Gasteiger partial charge in [0, 0.05) is 17.3 Å². The van der Waals surface area contributed by atoms with Gasteiger partial charge in [-0.3, -0.25) is 4.98 Å². The van der Waals surface area contributed by atoms with Crippen LogP contribution in [0.5, 0.6) is 0 Å². The average molecular weight is 256 g/mol. The molecule has 0 spiro atoms. The summed E-state index contributed by atoms with van der Waals surface area (Å²) < 4.78 is 6.43. The lowest BCUT2D eigenvalue weighted by molar-refractivity contribution is 0.116. The van der Waals surface area contributed by atoms with E-state index in [-0.39, 0.29) is 0 Å². The smallest absolute Gasteiger partial charge is 0.0887 e. The minimum Gasteiger partial charge on any atom is -0.375 e. The number of hydrogen-bond acceptors (Lipinski definition) is 2. The van der Waals surface area contributed by atoms with Crippen molar-refractivity contribution in [1.29, 1.82) is 0 Å². The zero-order chi connectivity index (χ0) is 10.2. The summed E-state index contributed by atoms with van der Waals surface area (Å²) in [6.45, 7) is 5.01. The van der Waals surface area contributed by atoms with E-state index in [1.54, 1.807) is 6.20 Å². The van der Waals surface area contributed by atoms with Crippen LogP contribution in [-0.2, 0) is 11.3 Å². The van der Waals surface area contributed by atoms with Gasteiger partial charge in [-0.15, -0.1) is 6.58 Å². The van der Waals surface area contributed by atoms with Gasteiger partial charge in [-0.25, -0.2) is 0 Å². The second kappa shape index (κ2) is 6.74. The van der Waals surface area contributed by atoms with Crippen LogP contribution in [0.15, 0.2) is 35.5 Å². The fourth-order valence-electron chi connectivity index (χ4n) is 0.998. The number of nitrogens with zero attached hydrogens (tertiary/aromatic N) is 1. The summed E-state index contributed by atoms with van der Waals surface area (Å²) in [5, 5.41) is 0. The number of hydrogen-bond donors (Lipinski definition) is 0. The summed E-state index contributed by atoms with van der Waals surface area (Å²) in [5.74, 6) is 0. The highest BCUT2D eigenvalue weighted by molar-refractivity contribution is 9.10. The van der Waals surface area contributed by atoms with Crippen molar-refractivity contribution in [2.45, 2.75) is 19.4 Å². The first-order chi connectivity index (χ1) is 6.83. The van der Waals surface area contributed by atoms with Gasteiger partial charge in [0.15, 0.2) is 0 Å². The van der Waals surface area contributed by atoms with Crippen molar-refractivity contribution in [2.75, 3.05) is 6.61 Å². The molecule has 0 amide bonds. The molecule has 0 N–H and O–H groups in total. The number of ether oxygens (including phenoxy) is 1. The Bertz CT molecular complexity index is 271. The number of aromatic nitrogens is 1. The molecule has 1 aromatic heterocycles. The number of unbranched alkanes of at least 4 members (excludes halogenated alkanes) is 1. The van der Waals surface area contributed by atoms with Crippen LogP contribution in [0.2, 0.25) is 0 Å². The van der Waals surface area contributed by atoms with Gasteiger partial charge in [-0.05, 0) is 40.9 Å². The van der Waals surface area contributed by atoms with Gasteiger partial charge in [0.1, 0.15) is 0 Å². The van der Waals surface area contributed by atoms with E-state index in [2.05, 4.69) is 27.5 Å². The molecule has 0 saturated heterocycles. The van der Waals surface area contributed by atoms with E-state index in [0.29, 0.717) is 6.61 Å². The van der Waals surface area contributed by atoms with Crippen molar-refractivity contribution in [1.82, 2.24) is 4.98 Å². The van der Waals surface area contributed by atoms with Crippen molar-refractivity contribution >= 4 is 15.9 Å². The molecule has 1 aromatic rings. The highest BCUT2D eigenvalue weighted by Gasteiger charge is 1.94. The maximum Gasteiger partial charge on any atom is 0.0887 e. The third-order valence-electron chi connectivity index (χ3n) is 1.74. The second-order valence-electron chi connectivity index (χ2n) is 2.95. The Morgan fingerprint density at radius 1 is 1.50 bits per heavy atom. The summed E-state index contributed by atoms with van der Waals surface area (Å²) in [4.78, 5) is 4.20. The Morgan fingerprint density at radius 2 is 2.36 bits per heavy atom. The summed E-state index contributed by atoms with van der Waals surface area (Å²) in [6, 6.07) is 3.92. The fraction of sp³-hybridized carbons (Fsp3) is 0.364. The van der Waals surface area contributed by atoms with E-state index in [1.807, 2.05) is 18.2 Å². The number of pyridine rings is 1. The Hall–Kier alpha value is -0.670. The van der Waals surface area contributed by atoms with E-state index in [1.165, 1.54) is 0 Å². The molecule has 0 bridgehead atoms. The van der Waals surface area contributed by atoms with Crippen molar-refractivity contribution < 1.29 is 4.74 Å². The molecule has 0 radical (unpaired) electrons. The van der Waals surface area contributed by atoms with Crippen molar-refractivity contribution in [2.24, 2.45) is 0 Å². The predicted molar refractivity (Wildman–Crippen MR) is 61.0 cm³/mol. The van der Waals surface area contributed by atoms with Crippen LogP contribution in [0.3, 0.4) is 0 Å². The van der Waals surface area contributed by atoms with Gasteiger partial charge < -0.3 is 4.74 Å². The van der Waals surface area contributed by atoms with Gasteiger partial charge in [-0.2, -0.15) is 0 Å². The average Bonchev–Trinajstić information content (AvgIpc) is 2.21. The van der Waals surface area contributed by atoms with E-state index < -0.39 is 0 Å². The molecule has 0 atom stereocenters. The Morgan fingerprint density at radius 3 is 3.00 bits per heavy atom. The van der Waals surface area contributed by atoms with Crippen LogP contribution < -0.4 is 0 Å². The minimum absolute atomic E-state index is 0.588. The number of allylic oxidation sites excluding steroid dienone is 1. The molecule has 0 aliphatic rings. The van der Waals surface area contributed by atoms with Gasteiger partial charge in [0.05, 0.1) is 12.3 Å². The first-order valence-electron chi connectivity index (χ1n) is 4.62.